The molecule has 0 heterocycles. The number of nitriles is 1. The third-order valence-corrected chi connectivity index (χ3v) is 1.98. The zero-order valence-electron chi connectivity index (χ0n) is 9.44. The van der Waals surface area contributed by atoms with E-state index in [0.29, 0.717) is 6.42 Å². The molecule has 0 atom stereocenters. The van der Waals surface area contributed by atoms with Crippen LogP contribution in [0.3, 0.4) is 0 Å². The Balaban J connectivity index is 2.92. The fraction of sp³-hybridized carbons (Fsp3) is 0.231. The number of carbonyl (C=O) groups is 1. The second-order valence-electron chi connectivity index (χ2n) is 3.33. The van der Waals surface area contributed by atoms with Crippen LogP contribution in [0.1, 0.15) is 18.9 Å². The summed E-state index contributed by atoms with van der Waals surface area (Å²) in [5, 5.41) is 8.81. The smallest absolute Gasteiger partial charge is 0.348 e. The topological polar surface area (TPSA) is 50.1 Å². The first-order valence-corrected chi connectivity index (χ1v) is 5.22. The van der Waals surface area contributed by atoms with E-state index in [9.17, 15) is 9.18 Å². The van der Waals surface area contributed by atoms with Gasteiger partial charge in [0.05, 0.1) is 6.61 Å². The van der Waals surface area contributed by atoms with Crippen molar-refractivity contribution in [3.63, 3.8) is 0 Å². The monoisotopic (exact) mass is 233 g/mol. The van der Waals surface area contributed by atoms with E-state index in [1.807, 2.05) is 6.92 Å². The summed E-state index contributed by atoms with van der Waals surface area (Å²) in [4.78, 5) is 11.4. The van der Waals surface area contributed by atoms with Gasteiger partial charge in [-0.2, -0.15) is 5.26 Å². The lowest BCUT2D eigenvalue weighted by atomic mass is 10.1. The van der Waals surface area contributed by atoms with Gasteiger partial charge in [-0.15, -0.1) is 0 Å². The van der Waals surface area contributed by atoms with Crippen LogP contribution in [0.4, 0.5) is 4.39 Å². The van der Waals surface area contributed by atoms with Gasteiger partial charge in [0.15, 0.2) is 0 Å². The number of hydrogen-bond acceptors (Lipinski definition) is 3. The molecule has 88 valence electrons. The summed E-state index contributed by atoms with van der Waals surface area (Å²) < 4.78 is 18.1. The number of carbonyl (C=O) groups excluding carboxylic acids is 1. The Hall–Kier alpha value is -2.15. The maximum atomic E-state index is 13.3. The molecule has 0 unspecified atom stereocenters. The van der Waals surface area contributed by atoms with Crippen LogP contribution in [0, 0.1) is 17.1 Å². The first kappa shape index (κ1) is 12.9. The van der Waals surface area contributed by atoms with Gasteiger partial charge in [-0.25, -0.2) is 9.18 Å². The van der Waals surface area contributed by atoms with Crippen LogP contribution in [0.25, 0.3) is 6.08 Å². The minimum Gasteiger partial charge on any atom is -0.462 e. The largest absolute Gasteiger partial charge is 0.462 e. The van der Waals surface area contributed by atoms with E-state index in [-0.39, 0.29) is 17.7 Å². The van der Waals surface area contributed by atoms with E-state index in [4.69, 9.17) is 10.00 Å². The summed E-state index contributed by atoms with van der Waals surface area (Å²) in [7, 11) is 0. The van der Waals surface area contributed by atoms with Crippen LogP contribution in [0.5, 0.6) is 0 Å². The van der Waals surface area contributed by atoms with Crippen LogP contribution in [0.15, 0.2) is 29.8 Å². The van der Waals surface area contributed by atoms with Crippen molar-refractivity contribution >= 4 is 12.0 Å². The summed E-state index contributed by atoms with van der Waals surface area (Å²) in [6.45, 7) is 2.09. The molecule has 0 saturated carbocycles. The molecule has 0 bridgehead atoms. The molecule has 17 heavy (non-hydrogen) atoms. The number of nitrogens with zero attached hydrogens (tertiary/aromatic N) is 1. The summed E-state index contributed by atoms with van der Waals surface area (Å²) >= 11 is 0. The second kappa shape index (κ2) is 6.44. The first-order valence-electron chi connectivity index (χ1n) is 5.22. The van der Waals surface area contributed by atoms with Crippen molar-refractivity contribution in [2.75, 3.05) is 6.61 Å². The van der Waals surface area contributed by atoms with Gasteiger partial charge in [-0.05, 0) is 18.6 Å². The Kier molecular flexibility index (Phi) is 4.89. The Morgan fingerprint density at radius 1 is 1.53 bits per heavy atom. The molecule has 3 nitrogen and oxygen atoms in total. The lowest BCUT2D eigenvalue weighted by Gasteiger charge is -2.01. The molecule has 0 radical (unpaired) electrons. The maximum absolute atomic E-state index is 13.3. The lowest BCUT2D eigenvalue weighted by molar-refractivity contribution is -0.138. The van der Waals surface area contributed by atoms with Gasteiger partial charge >= 0.3 is 5.97 Å². The first-order chi connectivity index (χ1) is 8.19. The number of ether oxygens (including phenoxy) is 1. The van der Waals surface area contributed by atoms with E-state index in [0.717, 1.165) is 0 Å². The predicted molar refractivity (Wildman–Crippen MR) is 61.2 cm³/mol. The minimum absolute atomic E-state index is 0.192. The lowest BCUT2D eigenvalue weighted by Crippen LogP contribution is -2.07. The quantitative estimate of drug-likeness (QED) is 0.456. The van der Waals surface area contributed by atoms with Crippen molar-refractivity contribution < 1.29 is 13.9 Å². The number of rotatable bonds is 4. The number of halogens is 1. The van der Waals surface area contributed by atoms with Crippen LogP contribution >= 0.6 is 0 Å². The SMILES string of the molecule is CCCOC(=O)/C(C#N)=C/c1ccccc1F. The Morgan fingerprint density at radius 2 is 2.24 bits per heavy atom. The van der Waals surface area contributed by atoms with Crippen molar-refractivity contribution in [2.24, 2.45) is 0 Å². The van der Waals surface area contributed by atoms with Crippen LogP contribution in [-0.4, -0.2) is 12.6 Å². The third-order valence-electron chi connectivity index (χ3n) is 1.98. The van der Waals surface area contributed by atoms with Crippen LogP contribution in [0.2, 0.25) is 0 Å². The molecule has 0 N–H and O–H groups in total. The highest BCUT2D eigenvalue weighted by Crippen LogP contribution is 2.12. The van der Waals surface area contributed by atoms with Gasteiger partial charge in [0, 0.05) is 5.56 Å². The van der Waals surface area contributed by atoms with Gasteiger partial charge in [-0.3, -0.25) is 0 Å². The molecule has 0 amide bonds. The van der Waals surface area contributed by atoms with E-state index in [2.05, 4.69) is 0 Å². The fourth-order valence-corrected chi connectivity index (χ4v) is 1.16. The molecule has 4 heteroatoms. The molecular formula is C13H12FNO2. The van der Waals surface area contributed by atoms with E-state index in [1.54, 1.807) is 12.1 Å². The summed E-state index contributed by atoms with van der Waals surface area (Å²) in [5.41, 5.74) is -0.0129. The fourth-order valence-electron chi connectivity index (χ4n) is 1.16. The normalized spacial score (nSPS) is 10.8. The molecule has 0 aliphatic carbocycles. The van der Waals surface area contributed by atoms with Gasteiger partial charge in [-0.1, -0.05) is 25.1 Å². The number of esters is 1. The standard InChI is InChI=1S/C13H12FNO2/c1-2-7-17-13(16)11(9-15)8-10-5-3-4-6-12(10)14/h3-6,8H,2,7H2,1H3/b11-8+. The molecule has 0 aliphatic rings. The molecule has 0 saturated heterocycles. The van der Waals surface area contributed by atoms with Crippen LogP contribution < -0.4 is 0 Å². The summed E-state index contributed by atoms with van der Waals surface area (Å²) in [5.74, 6) is -1.21. The molecule has 0 spiro atoms. The third kappa shape index (κ3) is 3.72. The molecular weight excluding hydrogens is 221 g/mol. The van der Waals surface area contributed by atoms with E-state index >= 15 is 0 Å². The van der Waals surface area contributed by atoms with Crippen molar-refractivity contribution in [1.29, 1.82) is 5.26 Å². The average molecular weight is 233 g/mol. The Morgan fingerprint density at radius 3 is 2.82 bits per heavy atom. The summed E-state index contributed by atoms with van der Waals surface area (Å²) in [6, 6.07) is 7.62. The van der Waals surface area contributed by atoms with Crippen molar-refractivity contribution in [3.05, 3.63) is 41.2 Å². The molecule has 0 aromatic heterocycles. The molecule has 1 aromatic carbocycles. The summed E-state index contributed by atoms with van der Waals surface area (Å²) in [6.07, 6.45) is 1.86. The number of benzene rings is 1. The zero-order valence-corrected chi connectivity index (χ0v) is 9.44. The highest BCUT2D eigenvalue weighted by Gasteiger charge is 2.11. The highest BCUT2D eigenvalue weighted by atomic mass is 19.1. The zero-order chi connectivity index (χ0) is 12.7. The van der Waals surface area contributed by atoms with E-state index in [1.165, 1.54) is 24.3 Å². The Labute approximate surface area is 99.1 Å². The number of hydrogen-bond donors (Lipinski definition) is 0. The van der Waals surface area contributed by atoms with Gasteiger partial charge in [0.1, 0.15) is 17.5 Å². The maximum Gasteiger partial charge on any atom is 0.348 e. The highest BCUT2D eigenvalue weighted by molar-refractivity contribution is 5.97. The van der Waals surface area contributed by atoms with Gasteiger partial charge < -0.3 is 4.74 Å². The second-order valence-corrected chi connectivity index (χ2v) is 3.33. The minimum atomic E-state index is -0.724. The molecule has 1 aromatic rings. The molecule has 0 aliphatic heterocycles. The van der Waals surface area contributed by atoms with Crippen molar-refractivity contribution in [3.8, 4) is 6.07 Å². The van der Waals surface area contributed by atoms with Crippen LogP contribution in [-0.2, 0) is 9.53 Å². The van der Waals surface area contributed by atoms with Gasteiger partial charge in [0.2, 0.25) is 0 Å². The van der Waals surface area contributed by atoms with Crippen molar-refractivity contribution in [1.82, 2.24) is 0 Å². The predicted octanol–water partition coefficient (Wildman–Crippen LogP) is 2.69. The molecule has 0 fully saturated rings. The average Bonchev–Trinajstić information content (AvgIpc) is 2.35. The van der Waals surface area contributed by atoms with E-state index < -0.39 is 11.8 Å². The van der Waals surface area contributed by atoms with Crippen molar-refractivity contribution in [2.45, 2.75) is 13.3 Å². The molecule has 1 rings (SSSR count). The van der Waals surface area contributed by atoms with Gasteiger partial charge in [0.25, 0.3) is 0 Å². The Bertz CT molecular complexity index is 475.